The first-order valence-electron chi connectivity index (χ1n) is 6.96. The Morgan fingerprint density at radius 2 is 2.05 bits per heavy atom. The van der Waals surface area contributed by atoms with E-state index in [1.165, 1.54) is 16.8 Å². The number of hydrogen-bond acceptors (Lipinski definition) is 2. The van der Waals surface area contributed by atoms with Crippen LogP contribution in [0.2, 0.25) is 5.02 Å². The largest absolute Gasteiger partial charge is 0.392 e. The number of halogens is 1. The van der Waals surface area contributed by atoms with E-state index in [2.05, 4.69) is 30.0 Å². The lowest BCUT2D eigenvalue weighted by Gasteiger charge is -2.33. The molecule has 0 amide bonds. The minimum absolute atomic E-state index is 0.0350. The summed E-state index contributed by atoms with van der Waals surface area (Å²) >= 11 is 6.21. The van der Waals surface area contributed by atoms with Crippen molar-refractivity contribution in [1.29, 1.82) is 0 Å². The number of rotatable bonds is 2. The highest BCUT2D eigenvalue weighted by molar-refractivity contribution is 6.31. The van der Waals surface area contributed by atoms with Crippen molar-refractivity contribution in [2.75, 3.05) is 11.4 Å². The van der Waals surface area contributed by atoms with E-state index in [1.54, 1.807) is 0 Å². The summed E-state index contributed by atoms with van der Waals surface area (Å²) in [5.41, 5.74) is 5.73. The quantitative estimate of drug-likeness (QED) is 0.894. The lowest BCUT2D eigenvalue weighted by Crippen LogP contribution is -2.25. The molecule has 0 saturated heterocycles. The van der Waals surface area contributed by atoms with Crippen LogP contribution >= 0.6 is 11.6 Å². The highest BCUT2D eigenvalue weighted by atomic mass is 35.5. The van der Waals surface area contributed by atoms with Gasteiger partial charge in [0, 0.05) is 28.5 Å². The van der Waals surface area contributed by atoms with Gasteiger partial charge in [0.15, 0.2) is 0 Å². The van der Waals surface area contributed by atoms with Gasteiger partial charge in [-0.25, -0.2) is 0 Å². The predicted molar refractivity (Wildman–Crippen MR) is 83.9 cm³/mol. The molecule has 0 aromatic heterocycles. The van der Waals surface area contributed by atoms with Crippen LogP contribution in [0.3, 0.4) is 0 Å². The van der Waals surface area contributed by atoms with Crippen molar-refractivity contribution in [2.24, 2.45) is 0 Å². The normalized spacial score (nSPS) is 14.2. The second kappa shape index (κ2) is 5.47. The molecular formula is C17H18ClNO. The smallest absolute Gasteiger partial charge is 0.0716 e. The van der Waals surface area contributed by atoms with Crippen molar-refractivity contribution >= 4 is 23.0 Å². The van der Waals surface area contributed by atoms with Gasteiger partial charge in [0.2, 0.25) is 0 Å². The van der Waals surface area contributed by atoms with Crippen LogP contribution in [0.5, 0.6) is 0 Å². The highest BCUT2D eigenvalue weighted by Gasteiger charge is 2.21. The van der Waals surface area contributed by atoms with E-state index in [-0.39, 0.29) is 6.61 Å². The Labute approximate surface area is 124 Å². The molecule has 0 aliphatic carbocycles. The molecule has 1 aliphatic heterocycles. The molecule has 3 heteroatoms. The summed E-state index contributed by atoms with van der Waals surface area (Å²) in [4.78, 5) is 2.27. The SMILES string of the molecule is Cc1ccc2c(c1)CCCN2c1cccc(Cl)c1CO. The molecule has 2 aromatic rings. The van der Waals surface area contributed by atoms with E-state index in [0.717, 1.165) is 30.6 Å². The van der Waals surface area contributed by atoms with Gasteiger partial charge in [-0.05, 0) is 43.5 Å². The molecule has 0 spiro atoms. The minimum Gasteiger partial charge on any atom is -0.392 e. The topological polar surface area (TPSA) is 23.5 Å². The first-order valence-corrected chi connectivity index (χ1v) is 7.34. The number of hydrogen-bond donors (Lipinski definition) is 1. The molecule has 0 radical (unpaired) electrons. The second-order valence-electron chi connectivity index (χ2n) is 5.28. The lowest BCUT2D eigenvalue weighted by molar-refractivity contribution is 0.282. The summed E-state index contributed by atoms with van der Waals surface area (Å²) in [6.45, 7) is 3.05. The summed E-state index contributed by atoms with van der Waals surface area (Å²) in [6, 6.07) is 12.4. The Bertz CT molecular complexity index is 639. The number of aliphatic hydroxyl groups is 1. The third-order valence-corrected chi connectivity index (χ3v) is 4.25. The number of aliphatic hydroxyl groups excluding tert-OH is 1. The van der Waals surface area contributed by atoms with E-state index in [9.17, 15) is 5.11 Å². The van der Waals surface area contributed by atoms with Crippen molar-refractivity contribution in [3.63, 3.8) is 0 Å². The minimum atomic E-state index is -0.0350. The molecule has 2 nitrogen and oxygen atoms in total. The third-order valence-electron chi connectivity index (χ3n) is 3.90. The first-order chi connectivity index (χ1) is 9.70. The fourth-order valence-corrected chi connectivity index (χ4v) is 3.16. The van der Waals surface area contributed by atoms with E-state index >= 15 is 0 Å². The van der Waals surface area contributed by atoms with Gasteiger partial charge in [0.05, 0.1) is 6.61 Å². The Balaban J connectivity index is 2.11. The predicted octanol–water partition coefficient (Wildman–Crippen LogP) is 4.23. The average molecular weight is 288 g/mol. The monoisotopic (exact) mass is 287 g/mol. The number of nitrogens with zero attached hydrogens (tertiary/aromatic N) is 1. The Kier molecular flexibility index (Phi) is 3.68. The van der Waals surface area contributed by atoms with Crippen LogP contribution in [0.15, 0.2) is 36.4 Å². The molecule has 0 unspecified atom stereocenters. The Hall–Kier alpha value is -1.51. The fraction of sp³-hybridized carbons (Fsp3) is 0.294. The van der Waals surface area contributed by atoms with Crippen LogP contribution in [0.1, 0.15) is 23.1 Å². The maximum Gasteiger partial charge on any atom is 0.0716 e. The molecule has 0 atom stereocenters. The van der Waals surface area contributed by atoms with Crippen molar-refractivity contribution in [2.45, 2.75) is 26.4 Å². The zero-order valence-electron chi connectivity index (χ0n) is 11.6. The maximum atomic E-state index is 9.61. The van der Waals surface area contributed by atoms with E-state index in [4.69, 9.17) is 11.6 Å². The number of benzene rings is 2. The van der Waals surface area contributed by atoms with Gasteiger partial charge < -0.3 is 10.0 Å². The zero-order valence-corrected chi connectivity index (χ0v) is 12.3. The molecule has 0 bridgehead atoms. The highest BCUT2D eigenvalue weighted by Crippen LogP contribution is 2.37. The van der Waals surface area contributed by atoms with Gasteiger partial charge in [-0.3, -0.25) is 0 Å². The molecule has 1 heterocycles. The summed E-state index contributed by atoms with van der Waals surface area (Å²) in [7, 11) is 0. The van der Waals surface area contributed by atoms with Crippen LogP contribution in [-0.2, 0) is 13.0 Å². The van der Waals surface area contributed by atoms with Crippen LogP contribution in [0.25, 0.3) is 0 Å². The molecule has 104 valence electrons. The van der Waals surface area contributed by atoms with Gasteiger partial charge in [-0.2, -0.15) is 0 Å². The summed E-state index contributed by atoms with van der Waals surface area (Å²) in [6.07, 6.45) is 2.23. The first kappa shape index (κ1) is 13.5. The van der Waals surface area contributed by atoms with Gasteiger partial charge in [0.25, 0.3) is 0 Å². The molecular weight excluding hydrogens is 270 g/mol. The summed E-state index contributed by atoms with van der Waals surface area (Å²) in [5, 5.41) is 10.2. The third kappa shape index (κ3) is 2.30. The maximum absolute atomic E-state index is 9.61. The molecule has 20 heavy (non-hydrogen) atoms. The Morgan fingerprint density at radius 3 is 2.85 bits per heavy atom. The standard InChI is InChI=1S/C17H18ClNO/c1-12-7-8-16-13(10-12)4-3-9-19(16)17-6-2-5-15(18)14(17)11-20/h2,5-8,10,20H,3-4,9,11H2,1H3. The molecule has 0 fully saturated rings. The van der Waals surface area contributed by atoms with Crippen LogP contribution in [0, 0.1) is 6.92 Å². The van der Waals surface area contributed by atoms with E-state index < -0.39 is 0 Å². The lowest BCUT2D eigenvalue weighted by atomic mass is 9.98. The van der Waals surface area contributed by atoms with Crippen LogP contribution < -0.4 is 4.90 Å². The van der Waals surface area contributed by atoms with Crippen molar-refractivity contribution < 1.29 is 5.11 Å². The Morgan fingerprint density at radius 1 is 1.20 bits per heavy atom. The molecule has 0 saturated carbocycles. The molecule has 1 N–H and O–H groups in total. The summed E-state index contributed by atoms with van der Waals surface area (Å²) < 4.78 is 0. The second-order valence-corrected chi connectivity index (χ2v) is 5.69. The van der Waals surface area contributed by atoms with Gasteiger partial charge in [-0.1, -0.05) is 35.4 Å². The zero-order chi connectivity index (χ0) is 14.1. The van der Waals surface area contributed by atoms with E-state index in [1.807, 2.05) is 18.2 Å². The van der Waals surface area contributed by atoms with Gasteiger partial charge in [0.1, 0.15) is 0 Å². The van der Waals surface area contributed by atoms with Crippen LogP contribution in [-0.4, -0.2) is 11.7 Å². The van der Waals surface area contributed by atoms with Crippen molar-refractivity contribution in [3.8, 4) is 0 Å². The van der Waals surface area contributed by atoms with Crippen LogP contribution in [0.4, 0.5) is 11.4 Å². The van der Waals surface area contributed by atoms with E-state index in [0.29, 0.717) is 5.02 Å². The number of anilines is 2. The van der Waals surface area contributed by atoms with Gasteiger partial charge >= 0.3 is 0 Å². The summed E-state index contributed by atoms with van der Waals surface area (Å²) in [5.74, 6) is 0. The number of aryl methyl sites for hydroxylation is 2. The molecule has 3 rings (SSSR count). The average Bonchev–Trinajstić information content (AvgIpc) is 2.46. The van der Waals surface area contributed by atoms with Crippen molar-refractivity contribution in [1.82, 2.24) is 0 Å². The van der Waals surface area contributed by atoms with Crippen molar-refractivity contribution in [3.05, 3.63) is 58.1 Å². The fourth-order valence-electron chi connectivity index (χ4n) is 2.93. The van der Waals surface area contributed by atoms with Gasteiger partial charge in [-0.15, -0.1) is 0 Å². The molecule has 2 aromatic carbocycles. The molecule has 1 aliphatic rings. The number of fused-ring (bicyclic) bond motifs is 1.